The van der Waals surface area contributed by atoms with E-state index >= 15 is 0 Å². The molecular weight excluding hydrogens is 252 g/mol. The molecule has 0 aliphatic heterocycles. The molecule has 0 aliphatic carbocycles. The van der Waals surface area contributed by atoms with Crippen molar-refractivity contribution in [3.05, 3.63) is 51.1 Å². The van der Waals surface area contributed by atoms with Crippen LogP contribution in [0, 0.1) is 10.1 Å². The Hall–Kier alpha value is -2.90. The van der Waals surface area contributed by atoms with Crippen molar-refractivity contribution in [1.29, 1.82) is 0 Å². The minimum atomic E-state index is -0.809. The number of H-pyrrole nitrogens is 1. The average Bonchev–Trinajstić information content (AvgIpc) is 2.39. The Kier molecular flexibility index (Phi) is 3.42. The van der Waals surface area contributed by atoms with Gasteiger partial charge in [-0.1, -0.05) is 0 Å². The van der Waals surface area contributed by atoms with E-state index in [2.05, 4.69) is 15.3 Å². The van der Waals surface area contributed by atoms with E-state index in [4.69, 9.17) is 4.74 Å². The fourth-order valence-corrected chi connectivity index (χ4v) is 1.46. The van der Waals surface area contributed by atoms with Crippen LogP contribution in [0.3, 0.4) is 0 Å². The maximum Gasteiger partial charge on any atom is 0.376 e. The first-order chi connectivity index (χ1) is 9.11. The monoisotopic (exact) mass is 262 g/mol. The first-order valence-electron chi connectivity index (χ1n) is 5.25. The Balaban J connectivity index is 2.35. The topological polar surface area (TPSA) is 110 Å². The van der Waals surface area contributed by atoms with Crippen molar-refractivity contribution < 1.29 is 9.66 Å². The standard InChI is InChI=1S/C11H10N4O4/c1-19-8-4-2-7(3-5-8)14-10-9(15(17)18)11(16)13-6-12-10/h2-6H,1H3,(H2,12,13,14,16). The summed E-state index contributed by atoms with van der Waals surface area (Å²) in [5, 5.41) is 13.5. The van der Waals surface area contributed by atoms with Gasteiger partial charge in [-0.15, -0.1) is 0 Å². The van der Waals surface area contributed by atoms with E-state index in [1.54, 1.807) is 24.3 Å². The second-order valence-corrected chi connectivity index (χ2v) is 3.54. The maximum absolute atomic E-state index is 11.4. The molecule has 19 heavy (non-hydrogen) atoms. The number of nitrogens with zero attached hydrogens (tertiary/aromatic N) is 2. The second kappa shape index (κ2) is 5.17. The molecule has 0 atom stereocenters. The molecule has 2 aromatic rings. The first kappa shape index (κ1) is 12.6. The van der Waals surface area contributed by atoms with E-state index in [1.807, 2.05) is 0 Å². The van der Waals surface area contributed by atoms with Gasteiger partial charge in [-0.2, -0.15) is 0 Å². The van der Waals surface area contributed by atoms with Gasteiger partial charge >= 0.3 is 11.2 Å². The molecule has 2 N–H and O–H groups in total. The minimum absolute atomic E-state index is 0.112. The number of aromatic amines is 1. The summed E-state index contributed by atoms with van der Waals surface area (Å²) in [4.78, 5) is 27.3. The van der Waals surface area contributed by atoms with Crippen molar-refractivity contribution in [3.8, 4) is 5.75 Å². The molecule has 8 heteroatoms. The Morgan fingerprint density at radius 2 is 2.05 bits per heavy atom. The Morgan fingerprint density at radius 1 is 1.37 bits per heavy atom. The molecule has 0 amide bonds. The number of benzene rings is 1. The molecule has 0 bridgehead atoms. The summed E-state index contributed by atoms with van der Waals surface area (Å²) < 4.78 is 4.99. The summed E-state index contributed by atoms with van der Waals surface area (Å²) in [6.07, 6.45) is 1.10. The van der Waals surface area contributed by atoms with Crippen LogP contribution in [0.1, 0.15) is 0 Å². The Bertz CT molecular complexity index is 650. The molecule has 0 aliphatic rings. The van der Waals surface area contributed by atoms with Gasteiger partial charge in [0.1, 0.15) is 5.75 Å². The van der Waals surface area contributed by atoms with Crippen molar-refractivity contribution in [2.45, 2.75) is 0 Å². The van der Waals surface area contributed by atoms with Gasteiger partial charge < -0.3 is 15.0 Å². The van der Waals surface area contributed by atoms with E-state index < -0.39 is 16.2 Å². The average molecular weight is 262 g/mol. The van der Waals surface area contributed by atoms with E-state index in [-0.39, 0.29) is 5.82 Å². The number of nitrogens with one attached hydrogen (secondary N) is 2. The third-order valence-corrected chi connectivity index (χ3v) is 2.36. The number of rotatable bonds is 4. The van der Waals surface area contributed by atoms with E-state index in [0.29, 0.717) is 11.4 Å². The fraction of sp³-hybridized carbons (Fsp3) is 0.0909. The first-order valence-corrected chi connectivity index (χ1v) is 5.25. The Labute approximate surface area is 107 Å². The number of anilines is 2. The van der Waals surface area contributed by atoms with Crippen LogP contribution in [0.2, 0.25) is 0 Å². The number of nitro groups is 1. The summed E-state index contributed by atoms with van der Waals surface area (Å²) in [5.41, 5.74) is -0.878. The van der Waals surface area contributed by atoms with Crippen LogP contribution >= 0.6 is 0 Å². The molecule has 0 saturated carbocycles. The van der Waals surface area contributed by atoms with Gasteiger partial charge in [-0.3, -0.25) is 14.9 Å². The van der Waals surface area contributed by atoms with Gasteiger partial charge in [0, 0.05) is 5.69 Å². The summed E-state index contributed by atoms with van der Waals surface area (Å²) in [6, 6.07) is 6.68. The van der Waals surface area contributed by atoms with Crippen LogP contribution in [-0.4, -0.2) is 22.0 Å². The lowest BCUT2D eigenvalue weighted by Crippen LogP contribution is -2.14. The molecule has 1 aromatic heterocycles. The lowest BCUT2D eigenvalue weighted by atomic mass is 10.3. The van der Waals surface area contributed by atoms with Crippen molar-refractivity contribution in [3.63, 3.8) is 0 Å². The van der Waals surface area contributed by atoms with Crippen LogP contribution in [0.5, 0.6) is 5.75 Å². The van der Waals surface area contributed by atoms with Gasteiger partial charge in [0.05, 0.1) is 18.4 Å². The molecule has 1 aromatic carbocycles. The van der Waals surface area contributed by atoms with Gasteiger partial charge in [0.25, 0.3) is 0 Å². The zero-order chi connectivity index (χ0) is 13.8. The maximum atomic E-state index is 11.4. The van der Waals surface area contributed by atoms with Gasteiger partial charge in [-0.05, 0) is 24.3 Å². The third kappa shape index (κ3) is 2.68. The van der Waals surface area contributed by atoms with Crippen LogP contribution in [-0.2, 0) is 0 Å². The molecule has 0 saturated heterocycles. The predicted octanol–water partition coefficient (Wildman–Crippen LogP) is 1.43. The summed E-state index contributed by atoms with van der Waals surface area (Å²) in [5.74, 6) is 0.540. The quantitative estimate of drug-likeness (QED) is 0.637. The zero-order valence-electron chi connectivity index (χ0n) is 9.91. The van der Waals surface area contributed by atoms with Crippen LogP contribution in [0.25, 0.3) is 0 Å². The Morgan fingerprint density at radius 3 is 2.63 bits per heavy atom. The molecule has 0 fully saturated rings. The highest BCUT2D eigenvalue weighted by Crippen LogP contribution is 2.22. The van der Waals surface area contributed by atoms with E-state index in [9.17, 15) is 14.9 Å². The highest BCUT2D eigenvalue weighted by molar-refractivity contribution is 5.64. The van der Waals surface area contributed by atoms with Crippen LogP contribution in [0.15, 0.2) is 35.4 Å². The summed E-state index contributed by atoms with van der Waals surface area (Å²) in [6.45, 7) is 0. The molecule has 2 rings (SSSR count). The lowest BCUT2D eigenvalue weighted by molar-refractivity contribution is -0.385. The molecule has 0 unspecified atom stereocenters. The SMILES string of the molecule is COc1ccc(Nc2nc[nH]c(=O)c2[N+](=O)[O-])cc1. The van der Waals surface area contributed by atoms with Crippen molar-refractivity contribution >= 4 is 17.2 Å². The minimum Gasteiger partial charge on any atom is -0.497 e. The smallest absolute Gasteiger partial charge is 0.376 e. The van der Waals surface area contributed by atoms with Gasteiger partial charge in [0.15, 0.2) is 0 Å². The number of aromatic nitrogens is 2. The van der Waals surface area contributed by atoms with Crippen molar-refractivity contribution in [2.75, 3.05) is 12.4 Å². The molecule has 8 nitrogen and oxygen atoms in total. The molecule has 1 heterocycles. The second-order valence-electron chi connectivity index (χ2n) is 3.54. The number of ether oxygens (including phenoxy) is 1. The van der Waals surface area contributed by atoms with Crippen LogP contribution in [0.4, 0.5) is 17.2 Å². The normalized spacial score (nSPS) is 9.95. The zero-order valence-corrected chi connectivity index (χ0v) is 9.91. The third-order valence-electron chi connectivity index (χ3n) is 2.36. The lowest BCUT2D eigenvalue weighted by Gasteiger charge is -2.06. The highest BCUT2D eigenvalue weighted by Gasteiger charge is 2.20. The molecular formula is C11H10N4O4. The molecule has 0 spiro atoms. The van der Waals surface area contributed by atoms with Gasteiger partial charge in [0.2, 0.25) is 5.82 Å². The fourth-order valence-electron chi connectivity index (χ4n) is 1.46. The van der Waals surface area contributed by atoms with Crippen molar-refractivity contribution in [1.82, 2.24) is 9.97 Å². The summed E-state index contributed by atoms with van der Waals surface area (Å²) >= 11 is 0. The number of methoxy groups -OCH3 is 1. The largest absolute Gasteiger partial charge is 0.497 e. The van der Waals surface area contributed by atoms with Gasteiger partial charge in [-0.25, -0.2) is 4.98 Å². The highest BCUT2D eigenvalue weighted by atomic mass is 16.6. The molecule has 0 radical (unpaired) electrons. The van der Waals surface area contributed by atoms with E-state index in [1.165, 1.54) is 7.11 Å². The molecule has 98 valence electrons. The van der Waals surface area contributed by atoms with E-state index in [0.717, 1.165) is 6.33 Å². The number of hydrogen-bond acceptors (Lipinski definition) is 6. The number of hydrogen-bond donors (Lipinski definition) is 2. The summed E-state index contributed by atoms with van der Waals surface area (Å²) in [7, 11) is 1.53. The van der Waals surface area contributed by atoms with Crippen molar-refractivity contribution in [2.24, 2.45) is 0 Å². The van der Waals surface area contributed by atoms with Crippen LogP contribution < -0.4 is 15.6 Å². The predicted molar refractivity (Wildman–Crippen MR) is 67.8 cm³/mol.